The summed E-state index contributed by atoms with van der Waals surface area (Å²) in [5.41, 5.74) is 3.05. The predicted molar refractivity (Wildman–Crippen MR) is 143 cm³/mol. The number of fused-ring (bicyclic) bond motifs is 5. The molecule has 4 atom stereocenters. The maximum absolute atomic E-state index is 5.41. The molecule has 1 aliphatic carbocycles. The molecule has 0 saturated heterocycles. The third kappa shape index (κ3) is 5.04. The monoisotopic (exact) mass is 462 g/mol. The smallest absolute Gasteiger partial charge is 0.222 e. The Labute approximate surface area is 207 Å². The van der Waals surface area contributed by atoms with Crippen LogP contribution in [0.4, 0.5) is 0 Å². The Morgan fingerprint density at radius 1 is 0.800 bits per heavy atom. The van der Waals surface area contributed by atoms with E-state index >= 15 is 0 Å². The van der Waals surface area contributed by atoms with Crippen molar-refractivity contribution in [2.45, 2.75) is 45.2 Å². The predicted octanol–water partition coefficient (Wildman–Crippen LogP) is 7.54. The second-order valence-corrected chi connectivity index (χ2v) is 8.92. The lowest BCUT2D eigenvalue weighted by Gasteiger charge is -2.29. The Balaban J connectivity index is 0.000000166. The molecule has 3 nitrogen and oxygen atoms in total. The maximum atomic E-state index is 5.41. The molecule has 4 unspecified atom stereocenters. The first-order chi connectivity index (χ1) is 17.2. The lowest BCUT2D eigenvalue weighted by atomic mass is 9.74. The lowest BCUT2D eigenvalue weighted by molar-refractivity contribution is -0.172. The molecular weight excluding hydrogens is 432 g/mol. The van der Waals surface area contributed by atoms with Crippen LogP contribution in [0.15, 0.2) is 97.5 Å². The van der Waals surface area contributed by atoms with Gasteiger partial charge in [-0.2, -0.15) is 0 Å². The van der Waals surface area contributed by atoms with Crippen LogP contribution < -0.4 is 0 Å². The SMILES string of the molecule is C1=COC(OC2C=CC=CO2)C=C1.CC#CC1CCc2c(ccc3c2ccc2ccccc23)C1C. The van der Waals surface area contributed by atoms with Crippen molar-refractivity contribution >= 4 is 21.5 Å². The van der Waals surface area contributed by atoms with E-state index in [1.165, 1.54) is 33.5 Å². The van der Waals surface area contributed by atoms with E-state index in [2.05, 4.69) is 67.3 Å². The number of allylic oxidation sites excluding steroid dienone is 4. The van der Waals surface area contributed by atoms with E-state index in [0.717, 1.165) is 6.42 Å². The zero-order valence-corrected chi connectivity index (χ0v) is 20.2. The molecule has 3 aliphatic rings. The topological polar surface area (TPSA) is 27.7 Å². The average molecular weight is 463 g/mol. The van der Waals surface area contributed by atoms with Gasteiger partial charge in [-0.15, -0.1) is 5.92 Å². The molecule has 0 radical (unpaired) electrons. The van der Waals surface area contributed by atoms with Gasteiger partial charge in [0.15, 0.2) is 0 Å². The molecule has 0 spiro atoms. The number of hydrogen-bond donors (Lipinski definition) is 0. The van der Waals surface area contributed by atoms with Gasteiger partial charge in [-0.25, -0.2) is 0 Å². The third-order valence-corrected chi connectivity index (χ3v) is 6.81. The Bertz CT molecular complexity index is 1350. The first-order valence-corrected chi connectivity index (χ1v) is 12.2. The van der Waals surface area contributed by atoms with Gasteiger partial charge in [0, 0.05) is 5.92 Å². The van der Waals surface area contributed by atoms with Gasteiger partial charge in [0.2, 0.25) is 12.6 Å². The van der Waals surface area contributed by atoms with E-state index in [9.17, 15) is 0 Å². The van der Waals surface area contributed by atoms with Crippen LogP contribution in [0.25, 0.3) is 21.5 Å². The van der Waals surface area contributed by atoms with E-state index in [0.29, 0.717) is 11.8 Å². The van der Waals surface area contributed by atoms with E-state index in [1.54, 1.807) is 30.2 Å². The molecule has 2 aliphatic heterocycles. The van der Waals surface area contributed by atoms with E-state index in [-0.39, 0.29) is 12.6 Å². The molecule has 35 heavy (non-hydrogen) atoms. The Kier molecular flexibility index (Phi) is 7.02. The molecule has 0 N–H and O–H groups in total. The second-order valence-electron chi connectivity index (χ2n) is 8.92. The molecule has 6 rings (SSSR count). The quantitative estimate of drug-likeness (QED) is 0.291. The molecule has 3 aromatic rings. The molecule has 3 heteroatoms. The van der Waals surface area contributed by atoms with Gasteiger partial charge in [0.1, 0.15) is 0 Å². The molecular formula is C32H30O3. The third-order valence-electron chi connectivity index (χ3n) is 6.81. The van der Waals surface area contributed by atoms with Gasteiger partial charge in [-0.1, -0.05) is 73.5 Å². The van der Waals surface area contributed by atoms with Gasteiger partial charge in [-0.3, -0.25) is 4.74 Å². The highest BCUT2D eigenvalue weighted by Gasteiger charge is 2.26. The van der Waals surface area contributed by atoms with Crippen molar-refractivity contribution in [1.29, 1.82) is 0 Å². The van der Waals surface area contributed by atoms with Crippen molar-refractivity contribution in [3.8, 4) is 11.8 Å². The largest absolute Gasteiger partial charge is 0.469 e. The van der Waals surface area contributed by atoms with E-state index < -0.39 is 0 Å². The molecule has 176 valence electrons. The van der Waals surface area contributed by atoms with E-state index in [1.807, 2.05) is 31.2 Å². The normalized spacial score (nSPS) is 23.9. The molecule has 0 fully saturated rings. The van der Waals surface area contributed by atoms with Crippen LogP contribution in [-0.4, -0.2) is 12.6 Å². The summed E-state index contributed by atoms with van der Waals surface area (Å²) in [5.74, 6) is 7.56. The molecule has 0 amide bonds. The lowest BCUT2D eigenvalue weighted by Crippen LogP contribution is -2.22. The fraction of sp³-hybridized carbons (Fsp3) is 0.250. The molecule has 0 saturated carbocycles. The Morgan fingerprint density at radius 3 is 2.20 bits per heavy atom. The van der Waals surface area contributed by atoms with Crippen LogP contribution in [-0.2, 0) is 20.6 Å². The van der Waals surface area contributed by atoms with Crippen LogP contribution in [0.5, 0.6) is 0 Å². The van der Waals surface area contributed by atoms with Crippen LogP contribution in [0.3, 0.4) is 0 Å². The van der Waals surface area contributed by atoms with Crippen molar-refractivity contribution in [2.24, 2.45) is 5.92 Å². The zero-order valence-electron chi connectivity index (χ0n) is 20.2. The maximum Gasteiger partial charge on any atom is 0.222 e. The highest BCUT2D eigenvalue weighted by molar-refractivity contribution is 6.08. The van der Waals surface area contributed by atoms with Crippen molar-refractivity contribution in [1.82, 2.24) is 0 Å². The first-order valence-electron chi connectivity index (χ1n) is 12.2. The standard InChI is InChI=1S/C22H20.C10H10O3/c1-3-6-16-9-11-20-18(15(16)2)13-14-21-19-8-5-4-7-17(19)10-12-22(20)21;1-3-7-11-9(5-1)13-10-6-2-4-8-12-10/h4-5,7-8,10,12-16H,9,11H2,1-2H3;1-10H. The summed E-state index contributed by atoms with van der Waals surface area (Å²) < 4.78 is 15.7. The fourth-order valence-electron chi connectivity index (χ4n) is 5.05. The Morgan fingerprint density at radius 2 is 1.51 bits per heavy atom. The molecule has 0 bridgehead atoms. The molecule has 3 aromatic carbocycles. The first kappa shape index (κ1) is 23.0. The number of rotatable bonds is 2. The Hall–Kier alpha value is -3.74. The summed E-state index contributed by atoms with van der Waals surface area (Å²) in [6.07, 6.45) is 15.8. The summed E-state index contributed by atoms with van der Waals surface area (Å²) in [7, 11) is 0. The van der Waals surface area contributed by atoms with Crippen LogP contribution in [0.2, 0.25) is 0 Å². The summed E-state index contributed by atoms with van der Waals surface area (Å²) in [6.45, 7) is 4.29. The minimum Gasteiger partial charge on any atom is -0.469 e. The van der Waals surface area contributed by atoms with Crippen LogP contribution in [0.1, 0.15) is 37.3 Å². The summed E-state index contributed by atoms with van der Waals surface area (Å²) >= 11 is 0. The van der Waals surface area contributed by atoms with Crippen molar-refractivity contribution < 1.29 is 14.2 Å². The summed E-state index contributed by atoms with van der Waals surface area (Å²) in [5, 5.41) is 5.52. The van der Waals surface area contributed by atoms with Gasteiger partial charge < -0.3 is 9.47 Å². The van der Waals surface area contributed by atoms with Crippen molar-refractivity contribution in [3.63, 3.8) is 0 Å². The van der Waals surface area contributed by atoms with Gasteiger partial charge in [0.05, 0.1) is 12.5 Å². The highest BCUT2D eigenvalue weighted by atomic mass is 16.8. The van der Waals surface area contributed by atoms with Crippen LogP contribution >= 0.6 is 0 Å². The van der Waals surface area contributed by atoms with Gasteiger partial charge >= 0.3 is 0 Å². The average Bonchev–Trinajstić information content (AvgIpc) is 2.91. The number of ether oxygens (including phenoxy) is 3. The van der Waals surface area contributed by atoms with Crippen LogP contribution in [0, 0.1) is 17.8 Å². The second kappa shape index (κ2) is 10.7. The zero-order chi connectivity index (χ0) is 24.0. The summed E-state index contributed by atoms with van der Waals surface area (Å²) in [4.78, 5) is 0. The molecule has 0 aromatic heterocycles. The number of hydrogen-bond acceptors (Lipinski definition) is 3. The molecule has 2 heterocycles. The van der Waals surface area contributed by atoms with Gasteiger partial charge in [0.25, 0.3) is 0 Å². The van der Waals surface area contributed by atoms with Gasteiger partial charge in [-0.05, 0) is 82.7 Å². The summed E-state index contributed by atoms with van der Waals surface area (Å²) in [6, 6.07) is 17.9. The highest BCUT2D eigenvalue weighted by Crippen LogP contribution is 2.40. The number of benzene rings is 3. The fourth-order valence-corrected chi connectivity index (χ4v) is 5.05. The minimum atomic E-state index is -0.355. The number of aryl methyl sites for hydroxylation is 1. The minimum absolute atomic E-state index is 0.355. The van der Waals surface area contributed by atoms with Crippen molar-refractivity contribution in [3.05, 3.63) is 109 Å². The van der Waals surface area contributed by atoms with Crippen molar-refractivity contribution in [2.75, 3.05) is 0 Å². The van der Waals surface area contributed by atoms with E-state index in [4.69, 9.17) is 14.2 Å².